The molecule has 0 radical (unpaired) electrons. The summed E-state index contributed by atoms with van der Waals surface area (Å²) in [6.45, 7) is 5.39. The lowest BCUT2D eigenvalue weighted by molar-refractivity contribution is -0.0150. The maximum absolute atomic E-state index is 6.50. The Hall–Kier alpha value is -3.30. The van der Waals surface area contributed by atoms with Crippen LogP contribution in [0.4, 0.5) is 0 Å². The van der Waals surface area contributed by atoms with Crippen LogP contribution in [-0.2, 0) is 27.2 Å². The van der Waals surface area contributed by atoms with E-state index in [2.05, 4.69) is 35.6 Å². The summed E-state index contributed by atoms with van der Waals surface area (Å²) in [5.74, 6) is 3.70. The zero-order valence-corrected chi connectivity index (χ0v) is 25.4. The fraction of sp³-hybridized carbons (Fsp3) is 0.486. The van der Waals surface area contributed by atoms with Crippen LogP contribution in [0, 0.1) is 0 Å². The molecule has 0 aromatic heterocycles. The normalized spacial score (nSPS) is 19.4. The van der Waals surface area contributed by atoms with Crippen LogP contribution in [0.5, 0.6) is 23.0 Å². The smallest absolute Gasteiger partial charge is 0.165 e. The average molecular weight is 592 g/mol. The van der Waals surface area contributed by atoms with Gasteiger partial charge in [0.25, 0.3) is 0 Å². The lowest BCUT2D eigenvalue weighted by Gasteiger charge is -2.33. The number of hydrogen-bond acceptors (Lipinski definition) is 8. The van der Waals surface area contributed by atoms with Gasteiger partial charge in [-0.3, -0.25) is 0 Å². The summed E-state index contributed by atoms with van der Waals surface area (Å²) in [6.07, 6.45) is 3.58. The van der Waals surface area contributed by atoms with Crippen molar-refractivity contribution < 1.29 is 33.2 Å². The third-order valence-corrected chi connectivity index (χ3v) is 7.93. The van der Waals surface area contributed by atoms with Gasteiger partial charge in [-0.05, 0) is 42.8 Å². The molecule has 3 atom stereocenters. The number of nitrogens with one attached hydrogen (secondary N) is 1. The number of rotatable bonds is 17. The Kier molecular flexibility index (Phi) is 12.0. The van der Waals surface area contributed by atoms with E-state index in [9.17, 15) is 0 Å². The van der Waals surface area contributed by atoms with Crippen molar-refractivity contribution in [2.24, 2.45) is 0 Å². The van der Waals surface area contributed by atoms with Gasteiger partial charge >= 0.3 is 0 Å². The second-order valence-electron chi connectivity index (χ2n) is 11.0. The van der Waals surface area contributed by atoms with Crippen molar-refractivity contribution in [2.75, 3.05) is 60.3 Å². The third-order valence-electron chi connectivity index (χ3n) is 7.93. The van der Waals surface area contributed by atoms with E-state index in [4.69, 9.17) is 33.2 Å². The van der Waals surface area contributed by atoms with Gasteiger partial charge in [-0.2, -0.15) is 0 Å². The van der Waals surface area contributed by atoms with Crippen LogP contribution >= 0.6 is 0 Å². The predicted octanol–water partition coefficient (Wildman–Crippen LogP) is 5.56. The summed E-state index contributed by atoms with van der Waals surface area (Å²) in [7, 11) is 3.38. The van der Waals surface area contributed by atoms with E-state index in [-0.39, 0.29) is 12.2 Å². The molecule has 0 spiro atoms. The molecular weight excluding hydrogens is 546 g/mol. The molecule has 8 nitrogen and oxygen atoms in total. The highest BCUT2D eigenvalue weighted by molar-refractivity contribution is 5.49. The van der Waals surface area contributed by atoms with E-state index in [0.29, 0.717) is 45.6 Å². The number of hydrogen-bond donors (Lipinski definition) is 1. The van der Waals surface area contributed by atoms with E-state index in [1.165, 1.54) is 11.1 Å². The summed E-state index contributed by atoms with van der Waals surface area (Å²) < 4.78 is 41.1. The van der Waals surface area contributed by atoms with Crippen LogP contribution in [0.25, 0.3) is 0 Å². The first-order valence-electron chi connectivity index (χ1n) is 15.4. The minimum Gasteiger partial charge on any atom is -0.496 e. The van der Waals surface area contributed by atoms with E-state index < -0.39 is 0 Å². The van der Waals surface area contributed by atoms with Crippen molar-refractivity contribution >= 4 is 0 Å². The Morgan fingerprint density at radius 2 is 1.65 bits per heavy atom. The lowest BCUT2D eigenvalue weighted by atomic mass is 9.87. The summed E-state index contributed by atoms with van der Waals surface area (Å²) in [5.41, 5.74) is 3.51. The first-order valence-corrected chi connectivity index (χ1v) is 15.4. The average Bonchev–Trinajstić information content (AvgIpc) is 3.48. The predicted molar refractivity (Wildman–Crippen MR) is 166 cm³/mol. The third kappa shape index (κ3) is 8.86. The molecule has 2 aliphatic heterocycles. The molecule has 43 heavy (non-hydrogen) atoms. The van der Waals surface area contributed by atoms with E-state index in [1.54, 1.807) is 14.2 Å². The van der Waals surface area contributed by atoms with Gasteiger partial charge in [0.2, 0.25) is 0 Å². The first kappa shape index (κ1) is 31.1. The van der Waals surface area contributed by atoms with Crippen molar-refractivity contribution in [1.82, 2.24) is 5.32 Å². The van der Waals surface area contributed by atoms with E-state index in [0.717, 1.165) is 67.3 Å². The largest absolute Gasteiger partial charge is 0.496 e. The van der Waals surface area contributed by atoms with Crippen LogP contribution in [0.3, 0.4) is 0 Å². The Bertz CT molecular complexity index is 1250. The highest BCUT2D eigenvalue weighted by Gasteiger charge is 2.31. The minimum atomic E-state index is -0.0178. The number of para-hydroxylation sites is 2. The molecule has 3 aromatic rings. The Morgan fingerprint density at radius 3 is 2.51 bits per heavy atom. The Morgan fingerprint density at radius 1 is 0.837 bits per heavy atom. The van der Waals surface area contributed by atoms with Crippen LogP contribution < -0.4 is 24.3 Å². The standard InChI is InChI=1S/C35H45NO7/c1-37-18-6-21-41-33-11-5-9-27-22-30(43-35(27)33)25-42-34-23-36-17-16-31(34)26-12-14-29(15-13-26)40-20-7-19-39-24-28-8-3-4-10-32(28)38-2/h3-5,8-15,30-31,34,36H,6-7,16-25H2,1-2H3/t30?,31-,34+/m1/s1. The summed E-state index contributed by atoms with van der Waals surface area (Å²) in [6, 6.07) is 22.5. The van der Waals surface area contributed by atoms with Crippen LogP contribution in [0.15, 0.2) is 66.7 Å². The van der Waals surface area contributed by atoms with Crippen molar-refractivity contribution in [2.45, 2.75) is 50.4 Å². The maximum Gasteiger partial charge on any atom is 0.165 e. The van der Waals surface area contributed by atoms with Gasteiger partial charge in [0, 0.05) is 56.6 Å². The molecule has 0 aliphatic carbocycles. The molecule has 2 aliphatic rings. The van der Waals surface area contributed by atoms with E-state index in [1.807, 2.05) is 36.4 Å². The molecule has 2 heterocycles. The molecule has 3 aromatic carbocycles. The van der Waals surface area contributed by atoms with Crippen molar-refractivity contribution in [3.8, 4) is 23.0 Å². The molecule has 1 fully saturated rings. The Balaban J connectivity index is 1.05. The zero-order valence-electron chi connectivity index (χ0n) is 25.4. The second-order valence-corrected chi connectivity index (χ2v) is 11.0. The molecule has 0 bridgehead atoms. The summed E-state index contributed by atoms with van der Waals surface area (Å²) >= 11 is 0. The monoisotopic (exact) mass is 591 g/mol. The molecule has 5 rings (SSSR count). The highest BCUT2D eigenvalue weighted by atomic mass is 16.6. The molecule has 8 heteroatoms. The maximum atomic E-state index is 6.50. The summed E-state index contributed by atoms with van der Waals surface area (Å²) in [4.78, 5) is 0. The van der Waals surface area contributed by atoms with Crippen molar-refractivity contribution in [3.63, 3.8) is 0 Å². The first-order chi connectivity index (χ1) is 21.2. The van der Waals surface area contributed by atoms with Gasteiger partial charge in [-0.1, -0.05) is 42.5 Å². The fourth-order valence-corrected chi connectivity index (χ4v) is 5.69. The van der Waals surface area contributed by atoms with Crippen LogP contribution in [0.2, 0.25) is 0 Å². The number of piperidine rings is 1. The summed E-state index contributed by atoms with van der Waals surface area (Å²) in [5, 5.41) is 3.50. The molecular formula is C35H45NO7. The molecule has 1 saturated heterocycles. The van der Waals surface area contributed by atoms with Gasteiger partial charge in [-0.25, -0.2) is 0 Å². The van der Waals surface area contributed by atoms with Crippen LogP contribution in [0.1, 0.15) is 41.9 Å². The van der Waals surface area contributed by atoms with Gasteiger partial charge in [-0.15, -0.1) is 0 Å². The minimum absolute atomic E-state index is 0.0178. The van der Waals surface area contributed by atoms with Gasteiger partial charge in [0.05, 0.1) is 46.2 Å². The fourth-order valence-electron chi connectivity index (χ4n) is 5.69. The Labute approximate surface area is 255 Å². The number of fused-ring (bicyclic) bond motifs is 1. The number of ether oxygens (including phenoxy) is 7. The van der Waals surface area contributed by atoms with Gasteiger partial charge < -0.3 is 38.5 Å². The SMILES string of the molecule is COCCCOc1cccc2c1OC(CO[C@H]1CNCC[C@@H]1c1ccc(OCCCOCc3ccccc3OC)cc1)C2. The second kappa shape index (κ2) is 16.5. The topological polar surface area (TPSA) is 76.6 Å². The molecule has 232 valence electrons. The molecule has 0 amide bonds. The van der Waals surface area contributed by atoms with Crippen LogP contribution in [-0.4, -0.2) is 72.6 Å². The highest BCUT2D eigenvalue weighted by Crippen LogP contribution is 2.38. The molecule has 1 unspecified atom stereocenters. The van der Waals surface area contributed by atoms with E-state index >= 15 is 0 Å². The van der Waals surface area contributed by atoms with Gasteiger partial charge in [0.15, 0.2) is 11.5 Å². The van der Waals surface area contributed by atoms with Crippen molar-refractivity contribution in [1.29, 1.82) is 0 Å². The zero-order chi connectivity index (χ0) is 29.7. The number of benzene rings is 3. The van der Waals surface area contributed by atoms with Gasteiger partial charge in [0.1, 0.15) is 17.6 Å². The quantitative estimate of drug-likeness (QED) is 0.205. The molecule has 0 saturated carbocycles. The molecule has 1 N–H and O–H groups in total. The van der Waals surface area contributed by atoms with Crippen molar-refractivity contribution in [3.05, 3.63) is 83.4 Å². The number of methoxy groups -OCH3 is 2. The lowest BCUT2D eigenvalue weighted by Crippen LogP contribution is -2.42.